The van der Waals surface area contributed by atoms with E-state index in [4.69, 9.17) is 0 Å². The number of nitrogens with one attached hydrogen (secondary N) is 1. The van der Waals surface area contributed by atoms with E-state index in [9.17, 15) is 0 Å². The fraction of sp³-hybridized carbons (Fsp3) is 0.750. The van der Waals surface area contributed by atoms with Crippen molar-refractivity contribution in [2.24, 2.45) is 5.92 Å². The molecule has 2 heteroatoms. The summed E-state index contributed by atoms with van der Waals surface area (Å²) in [5.41, 5.74) is 2.95. The molecule has 0 amide bonds. The van der Waals surface area contributed by atoms with E-state index in [2.05, 4.69) is 42.8 Å². The van der Waals surface area contributed by atoms with Gasteiger partial charge in [0.25, 0.3) is 0 Å². The average Bonchev–Trinajstić information content (AvgIpc) is 2.94. The van der Waals surface area contributed by atoms with Crippen LogP contribution in [-0.2, 0) is 19.5 Å². The highest BCUT2D eigenvalue weighted by molar-refractivity contribution is 5.17. The first-order valence-electron chi connectivity index (χ1n) is 7.61. The van der Waals surface area contributed by atoms with Gasteiger partial charge < -0.3 is 9.88 Å². The van der Waals surface area contributed by atoms with Crippen LogP contribution in [-0.4, -0.2) is 10.6 Å². The summed E-state index contributed by atoms with van der Waals surface area (Å²) in [7, 11) is 0. The lowest BCUT2D eigenvalue weighted by molar-refractivity contribution is 0.502. The molecule has 0 spiro atoms. The van der Waals surface area contributed by atoms with E-state index in [-0.39, 0.29) is 0 Å². The zero-order chi connectivity index (χ0) is 13.0. The van der Waals surface area contributed by atoms with Gasteiger partial charge in [-0.25, -0.2) is 0 Å². The molecule has 2 nitrogen and oxygen atoms in total. The number of hydrogen-bond acceptors (Lipinski definition) is 1. The lowest BCUT2D eigenvalue weighted by atomic mass is 10.1. The Morgan fingerprint density at radius 3 is 2.50 bits per heavy atom. The summed E-state index contributed by atoms with van der Waals surface area (Å²) >= 11 is 0. The van der Waals surface area contributed by atoms with E-state index in [1.54, 1.807) is 0 Å². The molecule has 1 saturated carbocycles. The second-order valence-electron chi connectivity index (χ2n) is 6.02. The first kappa shape index (κ1) is 13.7. The third-order valence-corrected chi connectivity index (χ3v) is 4.02. The molecule has 1 aliphatic carbocycles. The predicted molar refractivity (Wildman–Crippen MR) is 77.7 cm³/mol. The van der Waals surface area contributed by atoms with Crippen molar-refractivity contribution >= 4 is 0 Å². The molecule has 1 aromatic rings. The Kier molecular flexibility index (Phi) is 4.87. The number of hydrogen-bond donors (Lipinski definition) is 1. The highest BCUT2D eigenvalue weighted by Crippen LogP contribution is 2.19. The minimum atomic E-state index is 0.737. The summed E-state index contributed by atoms with van der Waals surface area (Å²) < 4.78 is 2.49. The van der Waals surface area contributed by atoms with E-state index < -0.39 is 0 Å². The lowest BCUT2D eigenvalue weighted by Crippen LogP contribution is -2.26. The third-order valence-electron chi connectivity index (χ3n) is 4.02. The molecular weight excluding hydrogens is 220 g/mol. The molecule has 0 unspecified atom stereocenters. The number of rotatable bonds is 6. The van der Waals surface area contributed by atoms with Crippen molar-refractivity contribution in [1.29, 1.82) is 0 Å². The molecule has 0 bridgehead atoms. The molecule has 18 heavy (non-hydrogen) atoms. The zero-order valence-corrected chi connectivity index (χ0v) is 12.2. The summed E-state index contributed by atoms with van der Waals surface area (Å²) in [5.74, 6) is 0.737. The lowest BCUT2D eigenvalue weighted by Gasteiger charge is -2.15. The van der Waals surface area contributed by atoms with Gasteiger partial charge in [0.05, 0.1) is 0 Å². The van der Waals surface area contributed by atoms with Gasteiger partial charge in [-0.05, 0) is 44.2 Å². The van der Waals surface area contributed by atoms with E-state index in [0.717, 1.165) is 25.0 Å². The van der Waals surface area contributed by atoms with Crippen LogP contribution in [0.25, 0.3) is 0 Å². The maximum absolute atomic E-state index is 3.72. The van der Waals surface area contributed by atoms with Gasteiger partial charge in [0.15, 0.2) is 0 Å². The Hall–Kier alpha value is -0.760. The van der Waals surface area contributed by atoms with Gasteiger partial charge in [0.2, 0.25) is 0 Å². The first-order chi connectivity index (χ1) is 8.70. The monoisotopic (exact) mass is 248 g/mol. The predicted octanol–water partition coefficient (Wildman–Crippen LogP) is 3.74. The molecule has 0 saturated heterocycles. The van der Waals surface area contributed by atoms with Crippen LogP contribution in [0.4, 0.5) is 0 Å². The molecule has 0 aliphatic heterocycles. The SMILES string of the molecule is CCn1c(CNC2CCCC2)ccc1CC(C)C. The normalized spacial score (nSPS) is 16.9. The van der Waals surface area contributed by atoms with Gasteiger partial charge in [0.1, 0.15) is 0 Å². The molecule has 102 valence electrons. The fourth-order valence-electron chi connectivity index (χ4n) is 3.09. The first-order valence-corrected chi connectivity index (χ1v) is 7.61. The Morgan fingerprint density at radius 2 is 1.89 bits per heavy atom. The van der Waals surface area contributed by atoms with Crippen LogP contribution in [0, 0.1) is 5.92 Å². The van der Waals surface area contributed by atoms with Crippen LogP contribution < -0.4 is 5.32 Å². The van der Waals surface area contributed by atoms with Crippen LogP contribution in [0.2, 0.25) is 0 Å². The maximum atomic E-state index is 3.72. The summed E-state index contributed by atoms with van der Waals surface area (Å²) in [6.07, 6.45) is 6.74. The second kappa shape index (κ2) is 6.42. The van der Waals surface area contributed by atoms with Crippen molar-refractivity contribution in [2.75, 3.05) is 0 Å². The molecule has 1 heterocycles. The third kappa shape index (κ3) is 3.38. The Labute approximate surface area is 112 Å². The molecule has 0 radical (unpaired) electrons. The van der Waals surface area contributed by atoms with E-state index >= 15 is 0 Å². The number of aromatic nitrogens is 1. The molecule has 1 aromatic heterocycles. The highest BCUT2D eigenvalue weighted by Gasteiger charge is 2.15. The van der Waals surface area contributed by atoms with Crippen molar-refractivity contribution in [3.63, 3.8) is 0 Å². The minimum Gasteiger partial charge on any atom is -0.348 e. The van der Waals surface area contributed by atoms with Crippen LogP contribution in [0.1, 0.15) is 57.8 Å². The molecule has 0 atom stereocenters. The van der Waals surface area contributed by atoms with E-state index in [0.29, 0.717) is 0 Å². The molecule has 1 N–H and O–H groups in total. The molecule has 0 aromatic carbocycles. The number of nitrogens with zero attached hydrogens (tertiary/aromatic N) is 1. The second-order valence-corrected chi connectivity index (χ2v) is 6.02. The molecule has 1 fully saturated rings. The van der Waals surface area contributed by atoms with Crippen LogP contribution >= 0.6 is 0 Å². The minimum absolute atomic E-state index is 0.737. The van der Waals surface area contributed by atoms with Gasteiger partial charge >= 0.3 is 0 Å². The molecular formula is C16H28N2. The quantitative estimate of drug-likeness (QED) is 0.811. The zero-order valence-electron chi connectivity index (χ0n) is 12.2. The average molecular weight is 248 g/mol. The highest BCUT2D eigenvalue weighted by atomic mass is 15.0. The Bertz CT molecular complexity index is 359. The van der Waals surface area contributed by atoms with Crippen LogP contribution in [0.3, 0.4) is 0 Å². The largest absolute Gasteiger partial charge is 0.348 e. The van der Waals surface area contributed by atoms with Gasteiger partial charge in [-0.3, -0.25) is 0 Å². The Balaban J connectivity index is 1.96. The molecule has 1 aliphatic rings. The fourth-order valence-corrected chi connectivity index (χ4v) is 3.09. The Morgan fingerprint density at radius 1 is 1.22 bits per heavy atom. The van der Waals surface area contributed by atoms with Gasteiger partial charge in [-0.15, -0.1) is 0 Å². The van der Waals surface area contributed by atoms with Gasteiger partial charge in [-0.1, -0.05) is 26.7 Å². The van der Waals surface area contributed by atoms with Crippen molar-refractivity contribution < 1.29 is 0 Å². The maximum Gasteiger partial charge on any atom is 0.0361 e. The van der Waals surface area contributed by atoms with Crippen molar-refractivity contribution in [1.82, 2.24) is 9.88 Å². The van der Waals surface area contributed by atoms with Crippen LogP contribution in [0.5, 0.6) is 0 Å². The summed E-state index contributed by atoms with van der Waals surface area (Å²) in [5, 5.41) is 3.72. The van der Waals surface area contributed by atoms with Crippen molar-refractivity contribution in [3.05, 3.63) is 23.5 Å². The van der Waals surface area contributed by atoms with Crippen molar-refractivity contribution in [3.8, 4) is 0 Å². The van der Waals surface area contributed by atoms with Gasteiger partial charge in [0, 0.05) is 30.5 Å². The standard InChI is InChI=1S/C16H28N2/c1-4-18-15(11-13(2)3)9-10-16(18)12-17-14-7-5-6-8-14/h9-10,13-14,17H,4-8,11-12H2,1-3H3. The van der Waals surface area contributed by atoms with Gasteiger partial charge in [-0.2, -0.15) is 0 Å². The van der Waals surface area contributed by atoms with E-state index in [1.807, 2.05) is 0 Å². The topological polar surface area (TPSA) is 17.0 Å². The molecule has 2 rings (SSSR count). The summed E-state index contributed by atoms with van der Waals surface area (Å²) in [6, 6.07) is 5.39. The summed E-state index contributed by atoms with van der Waals surface area (Å²) in [6.45, 7) is 8.98. The van der Waals surface area contributed by atoms with E-state index in [1.165, 1.54) is 43.5 Å². The van der Waals surface area contributed by atoms with Crippen molar-refractivity contribution in [2.45, 2.75) is 72.0 Å². The summed E-state index contributed by atoms with van der Waals surface area (Å²) in [4.78, 5) is 0. The smallest absolute Gasteiger partial charge is 0.0361 e. The van der Waals surface area contributed by atoms with Crippen LogP contribution in [0.15, 0.2) is 12.1 Å².